The minimum absolute atomic E-state index is 0.0191. The van der Waals surface area contributed by atoms with E-state index in [-0.39, 0.29) is 23.4 Å². The van der Waals surface area contributed by atoms with E-state index < -0.39 is 6.23 Å². The maximum Gasteiger partial charge on any atom is 0.291 e. The number of amides is 2. The summed E-state index contributed by atoms with van der Waals surface area (Å²) in [4.78, 5) is 29.4. The standard InChI is InChI=1S/C28H24FN5O3/c1-16-9-21(29)13-22(10-16)34-15-23(26(32-34)20-5-7-30-14-20)28-33(27(36)17(2)37-28)8-6-18-3-4-19-12-25(35)31-24(19)11-18/h3-5,7,9-11,13-15,28,30H,2,6,8,12H2,1H3,(H,31,35)/t28-/m0/s1. The van der Waals surface area contributed by atoms with Crippen molar-refractivity contribution < 1.29 is 18.7 Å². The molecule has 4 aromatic rings. The summed E-state index contributed by atoms with van der Waals surface area (Å²) in [5.41, 5.74) is 6.19. The van der Waals surface area contributed by atoms with Crippen molar-refractivity contribution >= 4 is 17.5 Å². The van der Waals surface area contributed by atoms with Crippen molar-refractivity contribution in [3.05, 3.63) is 101 Å². The number of H-pyrrole nitrogens is 1. The highest BCUT2D eigenvalue weighted by molar-refractivity contribution is 5.99. The first-order valence-corrected chi connectivity index (χ1v) is 11.9. The molecule has 0 aliphatic carbocycles. The molecule has 37 heavy (non-hydrogen) atoms. The number of rotatable bonds is 6. The molecule has 186 valence electrons. The van der Waals surface area contributed by atoms with E-state index in [0.29, 0.717) is 36.3 Å². The van der Waals surface area contributed by atoms with Gasteiger partial charge in [-0.15, -0.1) is 0 Å². The van der Waals surface area contributed by atoms with Crippen LogP contribution in [-0.4, -0.2) is 38.0 Å². The van der Waals surface area contributed by atoms with Gasteiger partial charge in [-0.2, -0.15) is 5.10 Å². The number of nitrogens with zero attached hydrogens (tertiary/aromatic N) is 3. The zero-order chi connectivity index (χ0) is 25.7. The highest BCUT2D eigenvalue weighted by Gasteiger charge is 2.39. The second kappa shape index (κ2) is 8.77. The molecule has 1 atom stereocenters. The minimum atomic E-state index is -0.748. The van der Waals surface area contributed by atoms with Crippen LogP contribution in [0.5, 0.6) is 0 Å². The van der Waals surface area contributed by atoms with Gasteiger partial charge in [-0.1, -0.05) is 18.7 Å². The fourth-order valence-corrected chi connectivity index (χ4v) is 4.88. The molecule has 2 aromatic heterocycles. The molecule has 9 heteroatoms. The highest BCUT2D eigenvalue weighted by atomic mass is 19.1. The summed E-state index contributed by atoms with van der Waals surface area (Å²) in [5, 5.41) is 7.61. The first-order chi connectivity index (χ1) is 17.9. The van der Waals surface area contributed by atoms with Gasteiger partial charge in [0, 0.05) is 36.4 Å². The quantitative estimate of drug-likeness (QED) is 0.386. The zero-order valence-electron chi connectivity index (χ0n) is 20.1. The van der Waals surface area contributed by atoms with E-state index in [2.05, 4.69) is 16.9 Å². The number of carbonyl (C=O) groups excluding carboxylic acids is 2. The number of aromatic amines is 1. The van der Waals surface area contributed by atoms with Crippen molar-refractivity contribution in [2.24, 2.45) is 0 Å². The average Bonchev–Trinajstić information content (AvgIpc) is 3.63. The van der Waals surface area contributed by atoms with Crippen LogP contribution in [0.4, 0.5) is 10.1 Å². The van der Waals surface area contributed by atoms with Gasteiger partial charge in [-0.3, -0.25) is 14.5 Å². The van der Waals surface area contributed by atoms with Crippen LogP contribution in [-0.2, 0) is 27.2 Å². The highest BCUT2D eigenvalue weighted by Crippen LogP contribution is 2.38. The van der Waals surface area contributed by atoms with Gasteiger partial charge < -0.3 is 15.0 Å². The summed E-state index contributed by atoms with van der Waals surface area (Å²) >= 11 is 0. The largest absolute Gasteiger partial charge is 0.461 e. The van der Waals surface area contributed by atoms with Crippen LogP contribution in [0.3, 0.4) is 0 Å². The lowest BCUT2D eigenvalue weighted by molar-refractivity contribution is -0.126. The van der Waals surface area contributed by atoms with E-state index in [0.717, 1.165) is 27.9 Å². The van der Waals surface area contributed by atoms with Crippen LogP contribution in [0.1, 0.15) is 28.5 Å². The molecule has 0 unspecified atom stereocenters. The summed E-state index contributed by atoms with van der Waals surface area (Å²) in [5.74, 6) is -0.619. The third-order valence-electron chi connectivity index (χ3n) is 6.65. The van der Waals surface area contributed by atoms with E-state index in [1.165, 1.54) is 12.1 Å². The Labute approximate surface area is 212 Å². The van der Waals surface area contributed by atoms with E-state index >= 15 is 0 Å². The molecule has 2 aliphatic heterocycles. The van der Waals surface area contributed by atoms with Gasteiger partial charge in [0.1, 0.15) is 11.5 Å². The molecule has 2 aliphatic rings. The van der Waals surface area contributed by atoms with Gasteiger partial charge >= 0.3 is 0 Å². The molecule has 1 fully saturated rings. The van der Waals surface area contributed by atoms with Gasteiger partial charge in [0.25, 0.3) is 5.91 Å². The van der Waals surface area contributed by atoms with Gasteiger partial charge in [-0.05, 0) is 60.4 Å². The van der Waals surface area contributed by atoms with Gasteiger partial charge in [0.2, 0.25) is 12.1 Å². The predicted octanol–water partition coefficient (Wildman–Crippen LogP) is 4.42. The third kappa shape index (κ3) is 4.18. The molecule has 4 heterocycles. The van der Waals surface area contributed by atoms with Crippen LogP contribution >= 0.6 is 0 Å². The van der Waals surface area contributed by atoms with Crippen LogP contribution in [0.2, 0.25) is 0 Å². The summed E-state index contributed by atoms with van der Waals surface area (Å²) < 4.78 is 21.7. The number of benzene rings is 2. The molecule has 0 spiro atoms. The SMILES string of the molecule is C=C1O[C@@H](c2cn(-c3cc(C)cc(F)c3)nc2-c2cc[nH]c2)N(CCc2ccc3c(c2)NC(=O)C3)C1=O. The second-order valence-electron chi connectivity index (χ2n) is 9.32. The first-order valence-electron chi connectivity index (χ1n) is 11.9. The van der Waals surface area contributed by atoms with Crippen molar-refractivity contribution in [3.8, 4) is 16.9 Å². The molecular weight excluding hydrogens is 473 g/mol. The number of fused-ring (bicyclic) bond motifs is 1. The number of hydrogen-bond acceptors (Lipinski definition) is 4. The monoisotopic (exact) mass is 497 g/mol. The van der Waals surface area contributed by atoms with Gasteiger partial charge in [0.05, 0.1) is 17.7 Å². The number of anilines is 1. The number of aromatic nitrogens is 3. The topological polar surface area (TPSA) is 92.2 Å². The van der Waals surface area contributed by atoms with Crippen LogP contribution in [0.15, 0.2) is 73.4 Å². The van der Waals surface area contributed by atoms with Crippen molar-refractivity contribution in [3.63, 3.8) is 0 Å². The van der Waals surface area contributed by atoms with Crippen molar-refractivity contribution in [2.45, 2.75) is 26.0 Å². The van der Waals surface area contributed by atoms with Gasteiger partial charge in [0.15, 0.2) is 5.76 Å². The Balaban J connectivity index is 1.34. The van der Waals surface area contributed by atoms with Crippen LogP contribution in [0, 0.1) is 12.7 Å². The number of halogens is 1. The Morgan fingerprint density at radius 3 is 2.84 bits per heavy atom. The van der Waals surface area contributed by atoms with E-state index in [9.17, 15) is 14.0 Å². The summed E-state index contributed by atoms with van der Waals surface area (Å²) in [6.07, 6.45) is 5.55. The Hall–Kier alpha value is -4.66. The van der Waals surface area contributed by atoms with E-state index in [1.807, 2.05) is 43.5 Å². The zero-order valence-corrected chi connectivity index (χ0v) is 20.1. The molecule has 2 amide bonds. The lowest BCUT2D eigenvalue weighted by Gasteiger charge is -2.22. The second-order valence-corrected chi connectivity index (χ2v) is 9.32. The molecular formula is C28H24FN5O3. The van der Waals surface area contributed by atoms with Crippen LogP contribution in [0.25, 0.3) is 16.9 Å². The fraction of sp³-hybridized carbons (Fsp3) is 0.179. The predicted molar refractivity (Wildman–Crippen MR) is 135 cm³/mol. The number of aryl methyl sites for hydroxylation is 1. The molecule has 1 saturated heterocycles. The molecule has 2 N–H and O–H groups in total. The van der Waals surface area contributed by atoms with Crippen molar-refractivity contribution in [2.75, 3.05) is 11.9 Å². The molecule has 0 radical (unpaired) electrons. The summed E-state index contributed by atoms with van der Waals surface area (Å²) in [7, 11) is 0. The molecule has 0 saturated carbocycles. The minimum Gasteiger partial charge on any atom is -0.461 e. The Morgan fingerprint density at radius 1 is 1.19 bits per heavy atom. The first kappa shape index (κ1) is 22.8. The summed E-state index contributed by atoms with van der Waals surface area (Å²) in [6.45, 7) is 5.99. The Kier molecular flexibility index (Phi) is 5.40. The van der Waals surface area contributed by atoms with E-state index in [1.54, 1.807) is 22.0 Å². The summed E-state index contributed by atoms with van der Waals surface area (Å²) in [6, 6.07) is 12.4. The van der Waals surface area contributed by atoms with Crippen LogP contribution < -0.4 is 5.32 Å². The fourth-order valence-electron chi connectivity index (χ4n) is 4.88. The van der Waals surface area contributed by atoms with Crippen molar-refractivity contribution in [1.82, 2.24) is 19.7 Å². The molecule has 0 bridgehead atoms. The Morgan fingerprint density at radius 2 is 2.05 bits per heavy atom. The van der Waals surface area contributed by atoms with Crippen molar-refractivity contribution in [1.29, 1.82) is 0 Å². The third-order valence-corrected chi connectivity index (χ3v) is 6.65. The molecule has 2 aromatic carbocycles. The number of nitrogens with one attached hydrogen (secondary N) is 2. The number of ether oxygens (including phenoxy) is 1. The normalized spacial score (nSPS) is 16.8. The van der Waals surface area contributed by atoms with E-state index in [4.69, 9.17) is 9.84 Å². The lowest BCUT2D eigenvalue weighted by atomic mass is 10.1. The average molecular weight is 498 g/mol. The maximum atomic E-state index is 14.2. The number of hydrogen-bond donors (Lipinski definition) is 2. The van der Waals surface area contributed by atoms with Gasteiger partial charge in [-0.25, -0.2) is 9.07 Å². The maximum absolute atomic E-state index is 14.2. The number of carbonyl (C=O) groups is 2. The molecule has 8 nitrogen and oxygen atoms in total. The smallest absolute Gasteiger partial charge is 0.291 e. The lowest BCUT2D eigenvalue weighted by Crippen LogP contribution is -2.30. The molecule has 6 rings (SSSR count). The Bertz CT molecular complexity index is 1540.